The van der Waals surface area contributed by atoms with E-state index in [1.807, 2.05) is 12.1 Å². The highest BCUT2D eigenvalue weighted by molar-refractivity contribution is 5.80. The Bertz CT molecular complexity index is 964. The zero-order valence-electron chi connectivity index (χ0n) is 16.4. The number of hydrogen-bond acceptors (Lipinski definition) is 3. The smallest absolute Gasteiger partial charge is 0.369 e. The van der Waals surface area contributed by atoms with Gasteiger partial charge < -0.3 is 15.5 Å². The van der Waals surface area contributed by atoms with E-state index in [1.165, 1.54) is 4.68 Å². The number of benzene rings is 1. The Labute approximate surface area is 171 Å². The van der Waals surface area contributed by atoms with Gasteiger partial charge in [-0.2, -0.15) is 18.3 Å². The van der Waals surface area contributed by atoms with Gasteiger partial charge in [-0.15, -0.1) is 0 Å². The van der Waals surface area contributed by atoms with Crippen LogP contribution < -0.4 is 5.73 Å². The number of nitrogens with two attached hydrogens (primary N) is 1. The number of primary amides is 1. The molecule has 160 valence electrons. The maximum absolute atomic E-state index is 12.9. The van der Waals surface area contributed by atoms with Gasteiger partial charge in [0.05, 0.1) is 11.6 Å². The van der Waals surface area contributed by atoms with Crippen LogP contribution in [0.2, 0.25) is 0 Å². The van der Waals surface area contributed by atoms with Crippen molar-refractivity contribution in [3.8, 4) is 5.69 Å². The van der Waals surface area contributed by atoms with Crippen LogP contribution in [0, 0.1) is 12.8 Å². The van der Waals surface area contributed by atoms with E-state index < -0.39 is 11.9 Å². The monoisotopic (exact) mass is 421 g/mol. The lowest BCUT2D eigenvalue weighted by atomic mass is 9.91. The van der Waals surface area contributed by atoms with E-state index in [-0.39, 0.29) is 23.8 Å². The van der Waals surface area contributed by atoms with Gasteiger partial charge in [-0.05, 0) is 37.1 Å². The maximum atomic E-state index is 12.9. The van der Waals surface area contributed by atoms with Crippen molar-refractivity contribution in [2.75, 3.05) is 26.2 Å². The van der Waals surface area contributed by atoms with E-state index in [2.05, 4.69) is 5.10 Å². The highest BCUT2D eigenvalue weighted by Gasteiger charge is 2.38. The third-order valence-electron chi connectivity index (χ3n) is 5.80. The summed E-state index contributed by atoms with van der Waals surface area (Å²) in [7, 11) is 0. The van der Waals surface area contributed by atoms with Crippen LogP contribution in [0.5, 0.6) is 0 Å². The summed E-state index contributed by atoms with van der Waals surface area (Å²) in [6.07, 6.45) is -3.88. The Morgan fingerprint density at radius 2 is 1.77 bits per heavy atom. The minimum absolute atomic E-state index is 0.0848. The van der Waals surface area contributed by atoms with Gasteiger partial charge in [0, 0.05) is 37.8 Å². The van der Waals surface area contributed by atoms with Gasteiger partial charge in [-0.25, -0.2) is 9.48 Å². The number of urea groups is 1. The van der Waals surface area contributed by atoms with Crippen LogP contribution in [-0.2, 0) is 11.0 Å². The molecule has 10 heteroatoms. The van der Waals surface area contributed by atoms with Crippen LogP contribution in [0.3, 0.4) is 0 Å². The van der Waals surface area contributed by atoms with E-state index in [4.69, 9.17) is 5.73 Å². The lowest BCUT2D eigenvalue weighted by Crippen LogP contribution is -2.53. The number of nitrogens with zero attached hydrogens (tertiary/aromatic N) is 4. The van der Waals surface area contributed by atoms with Crippen molar-refractivity contribution in [2.45, 2.75) is 25.4 Å². The number of aromatic nitrogens is 2. The Hall–Kier alpha value is -3.04. The van der Waals surface area contributed by atoms with Gasteiger partial charge in [0.25, 0.3) is 0 Å². The van der Waals surface area contributed by atoms with Crippen molar-refractivity contribution in [1.82, 2.24) is 19.6 Å². The second-order valence-electron chi connectivity index (χ2n) is 7.89. The highest BCUT2D eigenvalue weighted by atomic mass is 19.4. The Kier molecular flexibility index (Phi) is 4.95. The zero-order valence-corrected chi connectivity index (χ0v) is 16.4. The van der Waals surface area contributed by atoms with Crippen LogP contribution in [0.1, 0.15) is 29.3 Å². The second kappa shape index (κ2) is 7.33. The van der Waals surface area contributed by atoms with Gasteiger partial charge in [0.1, 0.15) is 0 Å². The van der Waals surface area contributed by atoms with Gasteiger partial charge >= 0.3 is 12.2 Å². The first-order valence-corrected chi connectivity index (χ1v) is 9.71. The Morgan fingerprint density at radius 1 is 1.10 bits per heavy atom. The molecule has 2 saturated heterocycles. The molecule has 0 radical (unpaired) electrons. The Balaban J connectivity index is 1.37. The lowest BCUT2D eigenvalue weighted by molar-refractivity contribution is -0.141. The third kappa shape index (κ3) is 3.73. The number of carbonyl (C=O) groups excluding carboxylic acids is 2. The Morgan fingerprint density at radius 3 is 2.30 bits per heavy atom. The molecule has 2 aliphatic heterocycles. The predicted molar refractivity (Wildman–Crippen MR) is 102 cm³/mol. The molecule has 1 aromatic heterocycles. The molecule has 0 spiro atoms. The number of likely N-dealkylation sites (tertiary alicyclic amines) is 2. The first-order chi connectivity index (χ1) is 14.1. The van der Waals surface area contributed by atoms with Crippen LogP contribution >= 0.6 is 0 Å². The fraction of sp³-hybridized carbons (Fsp3) is 0.450. The fourth-order valence-electron chi connectivity index (χ4n) is 3.97. The van der Waals surface area contributed by atoms with Gasteiger partial charge in [-0.1, -0.05) is 12.1 Å². The average Bonchev–Trinajstić information content (AvgIpc) is 3.28. The number of amides is 3. The minimum atomic E-state index is -4.48. The topological polar surface area (TPSA) is 84.5 Å². The molecule has 0 unspecified atom stereocenters. The molecule has 30 heavy (non-hydrogen) atoms. The summed E-state index contributed by atoms with van der Waals surface area (Å²) >= 11 is 0. The summed E-state index contributed by atoms with van der Waals surface area (Å²) < 4.78 is 39.9. The highest BCUT2D eigenvalue weighted by Crippen LogP contribution is 2.31. The lowest BCUT2D eigenvalue weighted by Gasteiger charge is -2.41. The molecule has 0 saturated carbocycles. The van der Waals surface area contributed by atoms with E-state index in [0.29, 0.717) is 44.0 Å². The van der Waals surface area contributed by atoms with Crippen molar-refractivity contribution in [3.05, 3.63) is 47.3 Å². The van der Waals surface area contributed by atoms with E-state index >= 15 is 0 Å². The van der Waals surface area contributed by atoms with Crippen molar-refractivity contribution >= 4 is 11.9 Å². The summed E-state index contributed by atoms with van der Waals surface area (Å²) in [6.45, 7) is 3.61. The zero-order chi connectivity index (χ0) is 21.6. The SMILES string of the molecule is Cc1cc(C(F)(F)F)nn1-c1ccc(C2CN(C(=O)N3CC[C@H](C(N)=O)C3)C2)cc1. The molecule has 3 amide bonds. The summed E-state index contributed by atoms with van der Waals surface area (Å²) in [6, 6.07) is 8.11. The predicted octanol–water partition coefficient (Wildman–Crippen LogP) is 2.53. The number of aryl methyl sites for hydroxylation is 1. The molecular formula is C20H22F3N5O2. The first-order valence-electron chi connectivity index (χ1n) is 9.71. The molecule has 2 aromatic rings. The molecule has 0 bridgehead atoms. The average molecular weight is 421 g/mol. The van der Waals surface area contributed by atoms with Gasteiger partial charge in [0.15, 0.2) is 5.69 Å². The van der Waals surface area contributed by atoms with Gasteiger partial charge in [0.2, 0.25) is 5.91 Å². The molecular weight excluding hydrogens is 399 g/mol. The molecule has 1 aromatic carbocycles. The molecule has 7 nitrogen and oxygen atoms in total. The maximum Gasteiger partial charge on any atom is 0.435 e. The standard InChI is InChI=1S/C20H22F3N5O2/c1-12-8-17(20(21,22)23)25-28(12)16-4-2-13(3-5-16)15-10-27(11-15)19(30)26-7-6-14(9-26)18(24)29/h2-5,8,14-15H,6-7,9-11H2,1H3,(H2,24,29)/t14-/m0/s1. The molecule has 3 heterocycles. The summed E-state index contributed by atoms with van der Waals surface area (Å²) in [4.78, 5) is 27.2. The first kappa shape index (κ1) is 20.2. The molecule has 2 aliphatic rings. The van der Waals surface area contributed by atoms with Crippen LogP contribution in [-0.4, -0.2) is 57.7 Å². The van der Waals surface area contributed by atoms with Crippen molar-refractivity contribution in [2.24, 2.45) is 11.7 Å². The normalized spacial score (nSPS) is 19.8. The van der Waals surface area contributed by atoms with E-state index in [9.17, 15) is 22.8 Å². The van der Waals surface area contributed by atoms with Gasteiger partial charge in [-0.3, -0.25) is 4.79 Å². The molecule has 2 N–H and O–H groups in total. The molecule has 2 fully saturated rings. The molecule has 4 rings (SSSR count). The van der Waals surface area contributed by atoms with Crippen LogP contribution in [0.15, 0.2) is 30.3 Å². The summed E-state index contributed by atoms with van der Waals surface area (Å²) in [5, 5.41) is 3.66. The number of alkyl halides is 3. The van der Waals surface area contributed by atoms with Crippen LogP contribution in [0.4, 0.5) is 18.0 Å². The van der Waals surface area contributed by atoms with Crippen molar-refractivity contribution < 1.29 is 22.8 Å². The quantitative estimate of drug-likeness (QED) is 0.827. The molecule has 1 atom stereocenters. The summed E-state index contributed by atoms with van der Waals surface area (Å²) in [5.74, 6) is -0.481. The molecule has 0 aliphatic carbocycles. The van der Waals surface area contributed by atoms with Crippen LogP contribution in [0.25, 0.3) is 5.69 Å². The number of carbonyl (C=O) groups is 2. The fourth-order valence-corrected chi connectivity index (χ4v) is 3.97. The third-order valence-corrected chi connectivity index (χ3v) is 5.80. The van der Waals surface area contributed by atoms with Crippen molar-refractivity contribution in [1.29, 1.82) is 0 Å². The number of rotatable bonds is 3. The number of halogens is 3. The summed E-state index contributed by atoms with van der Waals surface area (Å²) in [5.41, 5.74) is 6.36. The number of hydrogen-bond donors (Lipinski definition) is 1. The largest absolute Gasteiger partial charge is 0.435 e. The second-order valence-corrected chi connectivity index (χ2v) is 7.89. The van der Waals surface area contributed by atoms with E-state index in [0.717, 1.165) is 11.6 Å². The van der Waals surface area contributed by atoms with Crippen molar-refractivity contribution in [3.63, 3.8) is 0 Å². The van der Waals surface area contributed by atoms with E-state index in [1.54, 1.807) is 28.9 Å². The minimum Gasteiger partial charge on any atom is -0.369 e.